The summed E-state index contributed by atoms with van der Waals surface area (Å²) >= 11 is 0. The third-order valence-electron chi connectivity index (χ3n) is 2.47. The zero-order valence-electron chi connectivity index (χ0n) is 10.4. The predicted molar refractivity (Wildman–Crippen MR) is 68.1 cm³/mol. The van der Waals surface area contributed by atoms with Gasteiger partial charge in [0.1, 0.15) is 12.1 Å². The summed E-state index contributed by atoms with van der Waals surface area (Å²) in [6, 6.07) is 5.92. The first kappa shape index (κ1) is 13.7. The minimum Gasteiger partial charge on any atom is -0.347 e. The number of hydrogen-bond donors (Lipinski definition) is 3. The van der Waals surface area contributed by atoms with E-state index in [4.69, 9.17) is 0 Å². The SMILES string of the molecule is O=C(NCCc1ccc(F)cc1)C(=O)Nc1ncn[nH]1. The minimum atomic E-state index is -0.833. The van der Waals surface area contributed by atoms with Gasteiger partial charge in [0.05, 0.1) is 0 Å². The average molecular weight is 277 g/mol. The number of nitrogens with one attached hydrogen (secondary N) is 3. The first-order valence-corrected chi connectivity index (χ1v) is 5.84. The molecular formula is C12H12FN5O2. The summed E-state index contributed by atoms with van der Waals surface area (Å²) in [5.74, 6) is -1.82. The van der Waals surface area contributed by atoms with Gasteiger partial charge < -0.3 is 5.32 Å². The Hall–Kier alpha value is -2.77. The van der Waals surface area contributed by atoms with Crippen LogP contribution in [0.15, 0.2) is 30.6 Å². The molecule has 1 aromatic carbocycles. The second-order valence-electron chi connectivity index (χ2n) is 3.92. The molecule has 0 saturated carbocycles. The highest BCUT2D eigenvalue weighted by molar-refractivity contribution is 6.39. The van der Waals surface area contributed by atoms with Gasteiger partial charge in [-0.25, -0.2) is 9.49 Å². The van der Waals surface area contributed by atoms with Gasteiger partial charge in [-0.05, 0) is 24.1 Å². The van der Waals surface area contributed by atoms with Gasteiger partial charge in [0, 0.05) is 6.54 Å². The molecule has 0 bridgehead atoms. The number of nitrogens with zero attached hydrogens (tertiary/aromatic N) is 2. The molecule has 8 heteroatoms. The molecule has 0 aliphatic rings. The van der Waals surface area contributed by atoms with Gasteiger partial charge in [-0.2, -0.15) is 10.1 Å². The van der Waals surface area contributed by atoms with Crippen LogP contribution < -0.4 is 10.6 Å². The standard InChI is InChI=1S/C12H12FN5O2/c13-9-3-1-8(2-4-9)5-6-14-10(19)11(20)17-12-15-7-16-18-12/h1-4,7H,5-6H2,(H,14,19)(H2,15,16,17,18,20). The third kappa shape index (κ3) is 3.87. The van der Waals surface area contributed by atoms with Crippen LogP contribution in [0.25, 0.3) is 0 Å². The molecule has 20 heavy (non-hydrogen) atoms. The molecule has 1 heterocycles. The van der Waals surface area contributed by atoms with E-state index in [2.05, 4.69) is 25.8 Å². The maximum atomic E-state index is 12.7. The van der Waals surface area contributed by atoms with Crippen molar-refractivity contribution in [1.82, 2.24) is 20.5 Å². The van der Waals surface area contributed by atoms with Gasteiger partial charge >= 0.3 is 11.8 Å². The summed E-state index contributed by atoms with van der Waals surface area (Å²) in [5, 5.41) is 10.6. The molecule has 1 aromatic heterocycles. The van der Waals surface area contributed by atoms with Crippen LogP contribution in [0.4, 0.5) is 10.3 Å². The lowest BCUT2D eigenvalue weighted by molar-refractivity contribution is -0.136. The Labute approximate surface area is 113 Å². The Morgan fingerprint density at radius 1 is 1.20 bits per heavy atom. The molecule has 0 spiro atoms. The van der Waals surface area contributed by atoms with Gasteiger partial charge in [-0.15, -0.1) is 0 Å². The molecule has 2 rings (SSSR count). The van der Waals surface area contributed by atoms with Crippen molar-refractivity contribution in [3.05, 3.63) is 42.0 Å². The first-order chi connectivity index (χ1) is 9.65. The van der Waals surface area contributed by atoms with Gasteiger partial charge in [0.15, 0.2) is 0 Å². The fourth-order valence-electron chi connectivity index (χ4n) is 1.48. The van der Waals surface area contributed by atoms with Crippen LogP contribution >= 0.6 is 0 Å². The Kier molecular flexibility index (Phi) is 4.38. The monoisotopic (exact) mass is 277 g/mol. The Morgan fingerprint density at radius 2 is 1.95 bits per heavy atom. The van der Waals surface area contributed by atoms with Crippen molar-refractivity contribution in [2.75, 3.05) is 11.9 Å². The second-order valence-corrected chi connectivity index (χ2v) is 3.92. The summed E-state index contributed by atoms with van der Waals surface area (Å²) in [6.07, 6.45) is 1.71. The molecule has 2 amide bonds. The molecule has 0 radical (unpaired) electrons. The Bertz CT molecular complexity index is 582. The van der Waals surface area contributed by atoms with E-state index in [0.717, 1.165) is 5.56 Å². The fraction of sp³-hybridized carbons (Fsp3) is 0.167. The van der Waals surface area contributed by atoms with Crippen LogP contribution in [0.2, 0.25) is 0 Å². The number of carbonyl (C=O) groups excluding carboxylic acids is 2. The number of benzene rings is 1. The van der Waals surface area contributed by atoms with E-state index in [-0.39, 0.29) is 18.3 Å². The first-order valence-electron chi connectivity index (χ1n) is 5.84. The summed E-state index contributed by atoms with van der Waals surface area (Å²) in [7, 11) is 0. The zero-order valence-corrected chi connectivity index (χ0v) is 10.4. The van der Waals surface area contributed by atoms with E-state index in [1.54, 1.807) is 12.1 Å². The van der Waals surface area contributed by atoms with Gasteiger partial charge in [0.25, 0.3) is 0 Å². The van der Waals surface area contributed by atoms with Gasteiger partial charge in [0.2, 0.25) is 5.95 Å². The van der Waals surface area contributed by atoms with Crippen molar-refractivity contribution in [3.8, 4) is 0 Å². The number of hydrogen-bond acceptors (Lipinski definition) is 4. The summed E-state index contributed by atoms with van der Waals surface area (Å²) in [4.78, 5) is 26.6. The molecule has 2 aromatic rings. The molecule has 0 unspecified atom stereocenters. The zero-order chi connectivity index (χ0) is 14.4. The van der Waals surface area contributed by atoms with E-state index in [1.165, 1.54) is 18.5 Å². The van der Waals surface area contributed by atoms with E-state index in [1.807, 2.05) is 0 Å². The highest BCUT2D eigenvalue weighted by Crippen LogP contribution is 2.02. The van der Waals surface area contributed by atoms with Crippen LogP contribution in [-0.2, 0) is 16.0 Å². The molecule has 0 atom stereocenters. The van der Waals surface area contributed by atoms with Crippen LogP contribution in [0.5, 0.6) is 0 Å². The van der Waals surface area contributed by atoms with Crippen LogP contribution in [0.1, 0.15) is 5.56 Å². The molecule has 7 nitrogen and oxygen atoms in total. The molecule has 0 aliphatic carbocycles. The van der Waals surface area contributed by atoms with Crippen LogP contribution in [0.3, 0.4) is 0 Å². The largest absolute Gasteiger partial charge is 0.347 e. The lowest BCUT2D eigenvalue weighted by Gasteiger charge is -2.04. The number of halogens is 1. The number of aromatic nitrogens is 3. The second kappa shape index (κ2) is 6.41. The van der Waals surface area contributed by atoms with Crippen molar-refractivity contribution < 1.29 is 14.0 Å². The van der Waals surface area contributed by atoms with Crippen molar-refractivity contribution in [2.45, 2.75) is 6.42 Å². The number of aromatic amines is 1. The summed E-state index contributed by atoms with van der Waals surface area (Å²) in [5.41, 5.74) is 0.863. The van der Waals surface area contributed by atoms with E-state index < -0.39 is 11.8 Å². The maximum absolute atomic E-state index is 12.7. The summed E-state index contributed by atoms with van der Waals surface area (Å²) < 4.78 is 12.7. The van der Waals surface area contributed by atoms with Crippen LogP contribution in [-0.4, -0.2) is 33.5 Å². The molecule has 0 fully saturated rings. The highest BCUT2D eigenvalue weighted by Gasteiger charge is 2.14. The van der Waals surface area contributed by atoms with Crippen molar-refractivity contribution in [3.63, 3.8) is 0 Å². The Balaban J connectivity index is 1.74. The quantitative estimate of drug-likeness (QED) is 0.697. The molecule has 3 N–H and O–H groups in total. The number of amides is 2. The molecule has 0 saturated heterocycles. The third-order valence-corrected chi connectivity index (χ3v) is 2.47. The average Bonchev–Trinajstić information content (AvgIpc) is 2.93. The lowest BCUT2D eigenvalue weighted by atomic mass is 10.1. The molecule has 0 aliphatic heterocycles. The van der Waals surface area contributed by atoms with Gasteiger partial charge in [-0.1, -0.05) is 12.1 Å². The maximum Gasteiger partial charge on any atom is 0.316 e. The topological polar surface area (TPSA) is 99.8 Å². The number of anilines is 1. The molecule has 104 valence electrons. The van der Waals surface area contributed by atoms with Gasteiger partial charge in [-0.3, -0.25) is 14.9 Å². The van der Waals surface area contributed by atoms with E-state index in [9.17, 15) is 14.0 Å². The number of carbonyl (C=O) groups is 2. The van der Waals surface area contributed by atoms with E-state index in [0.29, 0.717) is 6.42 Å². The van der Waals surface area contributed by atoms with Crippen molar-refractivity contribution in [2.24, 2.45) is 0 Å². The predicted octanol–water partition coefficient (Wildman–Crippen LogP) is 0.241. The lowest BCUT2D eigenvalue weighted by Crippen LogP contribution is -2.36. The molecular weight excluding hydrogens is 265 g/mol. The van der Waals surface area contributed by atoms with Crippen molar-refractivity contribution >= 4 is 17.8 Å². The Morgan fingerprint density at radius 3 is 2.60 bits per heavy atom. The van der Waals surface area contributed by atoms with Crippen LogP contribution in [0, 0.1) is 5.82 Å². The smallest absolute Gasteiger partial charge is 0.316 e. The summed E-state index contributed by atoms with van der Waals surface area (Å²) in [6.45, 7) is 0.272. The fourth-order valence-corrected chi connectivity index (χ4v) is 1.48. The number of rotatable bonds is 4. The van der Waals surface area contributed by atoms with E-state index >= 15 is 0 Å². The normalized spacial score (nSPS) is 10.1. The highest BCUT2D eigenvalue weighted by atomic mass is 19.1. The van der Waals surface area contributed by atoms with Crippen molar-refractivity contribution in [1.29, 1.82) is 0 Å². The minimum absolute atomic E-state index is 0.101. The number of H-pyrrole nitrogens is 1.